The van der Waals surface area contributed by atoms with Crippen LogP contribution in [-0.4, -0.2) is 41.8 Å². The molecule has 0 aliphatic heterocycles. The Bertz CT molecular complexity index is 779. The summed E-state index contributed by atoms with van der Waals surface area (Å²) >= 11 is 1.07. The highest BCUT2D eigenvalue weighted by Crippen LogP contribution is 2.26. The molecule has 2 aromatic heterocycles. The van der Waals surface area contributed by atoms with Gasteiger partial charge in [0, 0.05) is 12.4 Å². The van der Waals surface area contributed by atoms with Crippen molar-refractivity contribution in [1.29, 1.82) is 0 Å². The molecule has 8 heteroatoms. The van der Waals surface area contributed by atoms with E-state index >= 15 is 0 Å². The summed E-state index contributed by atoms with van der Waals surface area (Å²) in [5.74, 6) is -0.431. The molecule has 102 valence electrons. The van der Waals surface area contributed by atoms with Gasteiger partial charge in [0.1, 0.15) is 5.69 Å². The van der Waals surface area contributed by atoms with E-state index in [-0.39, 0.29) is 5.75 Å². The van der Waals surface area contributed by atoms with Crippen molar-refractivity contribution in [2.45, 2.75) is 5.16 Å². The number of hydrogen-bond acceptors (Lipinski definition) is 5. The number of carboxylic acid groups (broad SMARTS) is 1. The van der Waals surface area contributed by atoms with Crippen molar-refractivity contribution in [2.75, 3.05) is 5.75 Å². The Morgan fingerprint density at radius 3 is 3.05 bits per heavy atom. The monoisotopic (exact) mass is 289 g/mol. The first-order chi connectivity index (χ1) is 9.65. The van der Waals surface area contributed by atoms with Gasteiger partial charge in [0.25, 0.3) is 0 Å². The van der Waals surface area contributed by atoms with Gasteiger partial charge in [-0.3, -0.25) is 14.6 Å². The van der Waals surface area contributed by atoms with Crippen molar-refractivity contribution in [3.8, 4) is 11.5 Å². The lowest BCUT2D eigenvalue weighted by atomic mass is 10.2. The van der Waals surface area contributed by atoms with E-state index in [0.717, 1.165) is 22.7 Å². The van der Waals surface area contributed by atoms with Gasteiger partial charge in [-0.2, -0.15) is 10.1 Å². The van der Waals surface area contributed by atoms with Gasteiger partial charge in [0.05, 0.1) is 11.3 Å². The largest absolute Gasteiger partial charge is 0.481 e. The van der Waals surface area contributed by atoms with E-state index in [0.29, 0.717) is 16.7 Å². The van der Waals surface area contributed by atoms with E-state index in [2.05, 4.69) is 20.3 Å². The smallest absolute Gasteiger partial charge is 0.313 e. The van der Waals surface area contributed by atoms with Crippen molar-refractivity contribution < 1.29 is 9.90 Å². The predicted octanol–water partition coefficient (Wildman–Crippen LogP) is 1.54. The van der Waals surface area contributed by atoms with Gasteiger partial charge in [0.2, 0.25) is 5.16 Å². The van der Waals surface area contributed by atoms with E-state index in [1.807, 2.05) is 31.3 Å². The number of fused-ring (bicyclic) bond motifs is 1. The lowest BCUT2D eigenvalue weighted by molar-refractivity contribution is -0.133. The second-order valence-electron chi connectivity index (χ2n) is 4.14. The third kappa shape index (κ3) is 2.25. The van der Waals surface area contributed by atoms with Crippen LogP contribution in [-0.2, 0) is 11.8 Å². The third-order valence-electron chi connectivity index (χ3n) is 2.77. The molecule has 0 atom stereocenters. The number of para-hydroxylation sites is 1. The highest BCUT2D eigenvalue weighted by atomic mass is 32.2. The molecule has 0 aliphatic carbocycles. The molecule has 0 saturated carbocycles. The Labute approximate surface area is 118 Å². The second-order valence-corrected chi connectivity index (χ2v) is 5.08. The number of nitrogens with zero attached hydrogens (tertiary/aromatic N) is 4. The summed E-state index contributed by atoms with van der Waals surface area (Å²) < 4.78 is 1.78. The Hall–Kier alpha value is -2.35. The molecule has 0 bridgehead atoms. The van der Waals surface area contributed by atoms with Crippen LogP contribution in [0.5, 0.6) is 0 Å². The van der Waals surface area contributed by atoms with Crippen LogP contribution in [0.25, 0.3) is 22.4 Å². The predicted molar refractivity (Wildman–Crippen MR) is 74.5 cm³/mol. The number of thioether (sulfide) groups is 1. The molecule has 0 fully saturated rings. The van der Waals surface area contributed by atoms with E-state index in [9.17, 15) is 4.79 Å². The number of carbonyl (C=O) groups is 1. The van der Waals surface area contributed by atoms with Gasteiger partial charge in [0.15, 0.2) is 5.82 Å². The Kier molecular flexibility index (Phi) is 3.15. The van der Waals surface area contributed by atoms with E-state index in [4.69, 9.17) is 5.11 Å². The quantitative estimate of drug-likeness (QED) is 0.707. The van der Waals surface area contributed by atoms with E-state index in [1.54, 1.807) is 4.68 Å². The normalized spacial score (nSPS) is 11.1. The molecule has 1 aromatic carbocycles. The first-order valence-corrected chi connectivity index (χ1v) is 6.83. The third-order valence-corrected chi connectivity index (χ3v) is 3.60. The van der Waals surface area contributed by atoms with Crippen molar-refractivity contribution in [3.05, 3.63) is 24.3 Å². The summed E-state index contributed by atoms with van der Waals surface area (Å²) in [7, 11) is 1.86. The number of rotatable bonds is 4. The zero-order valence-electron chi connectivity index (χ0n) is 10.6. The topological polar surface area (TPSA) is 96.7 Å². The molecule has 0 radical (unpaired) electrons. The maximum atomic E-state index is 10.5. The standard InChI is InChI=1S/C12H11N5O2S/c1-17-8-5-3-2-4-7(8)10(16-17)11-13-12(15-14-11)20-6-9(18)19/h2-5H,6H2,1H3,(H,18,19)(H,13,14,15). The number of benzene rings is 1. The molecule has 0 spiro atoms. The van der Waals surface area contributed by atoms with Gasteiger partial charge in [-0.05, 0) is 6.07 Å². The molecule has 2 N–H and O–H groups in total. The number of aromatic nitrogens is 5. The van der Waals surface area contributed by atoms with E-state index in [1.165, 1.54) is 0 Å². The highest BCUT2D eigenvalue weighted by Gasteiger charge is 2.14. The molecule has 20 heavy (non-hydrogen) atoms. The van der Waals surface area contributed by atoms with E-state index < -0.39 is 5.97 Å². The summed E-state index contributed by atoms with van der Waals surface area (Å²) in [4.78, 5) is 14.8. The maximum Gasteiger partial charge on any atom is 0.313 e. The lowest BCUT2D eigenvalue weighted by Gasteiger charge is -1.91. The molecular formula is C12H11N5O2S. The average Bonchev–Trinajstić information content (AvgIpc) is 3.02. The van der Waals surface area contributed by atoms with Crippen LogP contribution < -0.4 is 0 Å². The fourth-order valence-corrected chi connectivity index (χ4v) is 2.45. The van der Waals surface area contributed by atoms with Crippen LogP contribution in [0.1, 0.15) is 0 Å². The number of aromatic amines is 1. The zero-order valence-corrected chi connectivity index (χ0v) is 11.4. The van der Waals surface area contributed by atoms with Gasteiger partial charge >= 0.3 is 5.97 Å². The van der Waals surface area contributed by atoms with Crippen LogP contribution in [0.15, 0.2) is 29.4 Å². The lowest BCUT2D eigenvalue weighted by Crippen LogP contribution is -1.97. The average molecular weight is 289 g/mol. The fourth-order valence-electron chi connectivity index (χ4n) is 1.93. The van der Waals surface area contributed by atoms with Gasteiger partial charge in [-0.15, -0.1) is 5.10 Å². The summed E-state index contributed by atoms with van der Waals surface area (Å²) in [6.45, 7) is 0. The summed E-state index contributed by atoms with van der Waals surface area (Å²) in [5.41, 5.74) is 1.71. The number of carboxylic acids is 1. The molecule has 3 aromatic rings. The summed E-state index contributed by atoms with van der Waals surface area (Å²) in [5, 5.41) is 21.2. The highest BCUT2D eigenvalue weighted by molar-refractivity contribution is 7.99. The van der Waals surface area contributed by atoms with Crippen LogP contribution in [0.4, 0.5) is 0 Å². The molecule has 3 rings (SSSR count). The molecule has 0 amide bonds. The molecule has 2 heterocycles. The van der Waals surface area contributed by atoms with Crippen LogP contribution in [0.2, 0.25) is 0 Å². The molecule has 0 saturated heterocycles. The minimum absolute atomic E-state index is 0.0692. The second kappa shape index (κ2) is 4.97. The Morgan fingerprint density at radius 2 is 2.25 bits per heavy atom. The van der Waals surface area contributed by atoms with Gasteiger partial charge in [-0.25, -0.2) is 0 Å². The number of hydrogen-bond donors (Lipinski definition) is 2. The molecule has 0 aliphatic rings. The number of aliphatic carboxylic acids is 1. The van der Waals surface area contributed by atoms with Gasteiger partial charge in [-0.1, -0.05) is 30.0 Å². The minimum Gasteiger partial charge on any atom is -0.481 e. The number of nitrogens with one attached hydrogen (secondary N) is 1. The van der Waals surface area contributed by atoms with Crippen molar-refractivity contribution in [3.63, 3.8) is 0 Å². The van der Waals surface area contributed by atoms with Gasteiger partial charge < -0.3 is 5.11 Å². The van der Waals surface area contributed by atoms with Crippen molar-refractivity contribution in [2.24, 2.45) is 7.05 Å². The molecular weight excluding hydrogens is 278 g/mol. The van der Waals surface area contributed by atoms with Crippen LogP contribution in [0, 0.1) is 0 Å². The Morgan fingerprint density at radius 1 is 1.45 bits per heavy atom. The van der Waals surface area contributed by atoms with Crippen molar-refractivity contribution >= 4 is 28.6 Å². The van der Waals surface area contributed by atoms with Crippen LogP contribution >= 0.6 is 11.8 Å². The Balaban J connectivity index is 1.97. The minimum atomic E-state index is -0.898. The first-order valence-electron chi connectivity index (χ1n) is 5.84. The van der Waals surface area contributed by atoms with Crippen molar-refractivity contribution in [1.82, 2.24) is 25.0 Å². The SMILES string of the molecule is Cn1nc(-c2nc(SCC(=O)O)n[nH]2)c2ccccc21. The van der Waals surface area contributed by atoms with Crippen LogP contribution in [0.3, 0.4) is 0 Å². The molecule has 0 unspecified atom stereocenters. The summed E-state index contributed by atoms with van der Waals surface area (Å²) in [6, 6.07) is 7.82. The molecule has 7 nitrogen and oxygen atoms in total. The number of H-pyrrole nitrogens is 1. The fraction of sp³-hybridized carbons (Fsp3) is 0.167. The first kappa shape index (κ1) is 12.7. The number of aryl methyl sites for hydroxylation is 1. The zero-order chi connectivity index (χ0) is 14.1. The maximum absolute atomic E-state index is 10.5. The summed E-state index contributed by atoms with van der Waals surface area (Å²) in [6.07, 6.45) is 0.